The smallest absolute Gasteiger partial charge is 0.494 e. The molecule has 1 amide bonds. The van der Waals surface area contributed by atoms with Crippen LogP contribution < -0.4 is 14.8 Å². The summed E-state index contributed by atoms with van der Waals surface area (Å²) in [6, 6.07) is 23.1. The molecule has 0 aliphatic rings. The Morgan fingerprint density at radius 1 is 0.857 bits per heavy atom. The molecular weight excluding hydrogens is 571 g/mol. The van der Waals surface area contributed by atoms with Gasteiger partial charge in [0.1, 0.15) is 11.5 Å². The molecule has 3 aromatic carbocycles. The molecule has 0 saturated carbocycles. The zero-order chi connectivity index (χ0) is 30.2. The minimum absolute atomic E-state index is 0.0281. The van der Waals surface area contributed by atoms with Crippen LogP contribution >= 0.6 is 0 Å². The topological polar surface area (TPSA) is 97.8 Å². The molecule has 0 bridgehead atoms. The average Bonchev–Trinajstić information content (AvgIpc) is 2.97. The summed E-state index contributed by atoms with van der Waals surface area (Å²) in [7, 11) is -3.92. The zero-order valence-electron chi connectivity index (χ0n) is 22.5. The van der Waals surface area contributed by atoms with Crippen molar-refractivity contribution in [1.29, 1.82) is 0 Å². The van der Waals surface area contributed by atoms with E-state index >= 15 is 0 Å². The summed E-state index contributed by atoms with van der Waals surface area (Å²) in [6.45, 7) is 2.45. The average molecular weight is 600 g/mol. The number of amides is 1. The van der Waals surface area contributed by atoms with E-state index in [0.29, 0.717) is 34.7 Å². The molecule has 220 valence electrons. The fraction of sp³-hybridized carbons (Fsp3) is 0.200. The number of sulfonamides is 1. The molecule has 4 rings (SSSR count). The summed E-state index contributed by atoms with van der Waals surface area (Å²) in [5.74, 6) is -0.187. The Morgan fingerprint density at radius 3 is 2.10 bits per heavy atom. The number of hydrogen-bond acceptors (Lipinski definition) is 6. The molecule has 8 nitrogen and oxygen atoms in total. The summed E-state index contributed by atoms with van der Waals surface area (Å²) >= 11 is 0. The van der Waals surface area contributed by atoms with E-state index in [4.69, 9.17) is 4.74 Å². The molecule has 0 fully saturated rings. The van der Waals surface area contributed by atoms with E-state index in [1.54, 1.807) is 60.8 Å². The maximum absolute atomic E-state index is 13.6. The maximum Gasteiger partial charge on any atom is 0.573 e. The second-order valence-electron chi connectivity index (χ2n) is 9.07. The second kappa shape index (κ2) is 13.5. The highest BCUT2D eigenvalue weighted by molar-refractivity contribution is 7.89. The van der Waals surface area contributed by atoms with Crippen LogP contribution in [0.15, 0.2) is 102 Å². The molecule has 0 unspecified atom stereocenters. The summed E-state index contributed by atoms with van der Waals surface area (Å²) < 4.78 is 74.8. The SMILES string of the molecule is CCOc1ccc(S(=O)(=O)N(Cc2ccc(C(=O)NCc3ccc(OC(F)(F)F)cc3)cc2)Cc2ccccn2)cc1. The van der Waals surface area contributed by atoms with Gasteiger partial charge in [0.2, 0.25) is 10.0 Å². The first kappa shape index (κ1) is 30.5. The lowest BCUT2D eigenvalue weighted by molar-refractivity contribution is -0.274. The molecule has 0 aliphatic heterocycles. The Kier molecular flexibility index (Phi) is 9.81. The Hall–Kier alpha value is -4.42. The molecule has 1 heterocycles. The van der Waals surface area contributed by atoms with Crippen molar-refractivity contribution in [2.24, 2.45) is 0 Å². The van der Waals surface area contributed by atoms with Crippen LogP contribution in [-0.2, 0) is 29.7 Å². The van der Waals surface area contributed by atoms with Gasteiger partial charge in [-0.15, -0.1) is 13.2 Å². The zero-order valence-corrected chi connectivity index (χ0v) is 23.4. The first-order valence-electron chi connectivity index (χ1n) is 12.9. The van der Waals surface area contributed by atoms with E-state index in [2.05, 4.69) is 15.0 Å². The van der Waals surface area contributed by atoms with Gasteiger partial charge in [0.15, 0.2) is 0 Å². The molecule has 12 heteroatoms. The first-order valence-corrected chi connectivity index (χ1v) is 14.3. The van der Waals surface area contributed by atoms with Crippen LogP contribution in [0.3, 0.4) is 0 Å². The number of nitrogens with zero attached hydrogens (tertiary/aromatic N) is 2. The number of nitrogens with one attached hydrogen (secondary N) is 1. The molecule has 4 aromatic rings. The van der Waals surface area contributed by atoms with E-state index in [0.717, 1.165) is 0 Å². The molecule has 0 aliphatic carbocycles. The predicted molar refractivity (Wildman–Crippen MR) is 149 cm³/mol. The fourth-order valence-corrected chi connectivity index (χ4v) is 5.38. The second-order valence-corrected chi connectivity index (χ2v) is 11.0. The third kappa shape index (κ3) is 8.54. The van der Waals surface area contributed by atoms with Gasteiger partial charge >= 0.3 is 6.36 Å². The number of carbonyl (C=O) groups excluding carboxylic acids is 1. The van der Waals surface area contributed by atoms with Gasteiger partial charge in [-0.2, -0.15) is 4.31 Å². The molecule has 0 atom stereocenters. The highest BCUT2D eigenvalue weighted by Crippen LogP contribution is 2.24. The third-order valence-corrected chi connectivity index (χ3v) is 7.83. The van der Waals surface area contributed by atoms with Crippen molar-refractivity contribution in [1.82, 2.24) is 14.6 Å². The highest BCUT2D eigenvalue weighted by atomic mass is 32.2. The number of alkyl halides is 3. The molecular formula is C30H28F3N3O5S. The Labute approximate surface area is 241 Å². The molecule has 42 heavy (non-hydrogen) atoms. The van der Waals surface area contributed by atoms with Crippen molar-refractivity contribution >= 4 is 15.9 Å². The number of carbonyl (C=O) groups is 1. The minimum Gasteiger partial charge on any atom is -0.494 e. The molecule has 0 saturated heterocycles. The quantitative estimate of drug-likeness (QED) is 0.224. The van der Waals surface area contributed by atoms with Gasteiger partial charge in [0.05, 0.1) is 23.7 Å². The Balaban J connectivity index is 1.44. The number of hydrogen-bond donors (Lipinski definition) is 1. The van der Waals surface area contributed by atoms with Crippen molar-refractivity contribution in [2.75, 3.05) is 6.61 Å². The van der Waals surface area contributed by atoms with Gasteiger partial charge in [0.25, 0.3) is 5.91 Å². The van der Waals surface area contributed by atoms with Crippen molar-refractivity contribution in [3.8, 4) is 11.5 Å². The van der Waals surface area contributed by atoms with E-state index in [1.807, 2.05) is 6.92 Å². The van der Waals surface area contributed by atoms with Gasteiger partial charge in [-0.3, -0.25) is 9.78 Å². The third-order valence-electron chi connectivity index (χ3n) is 6.02. The maximum atomic E-state index is 13.6. The first-order chi connectivity index (χ1) is 20.0. The van der Waals surface area contributed by atoms with Crippen molar-refractivity contribution in [3.63, 3.8) is 0 Å². The van der Waals surface area contributed by atoms with Gasteiger partial charge in [-0.05, 0) is 78.7 Å². The lowest BCUT2D eigenvalue weighted by Gasteiger charge is -2.22. The summed E-state index contributed by atoms with van der Waals surface area (Å²) in [5, 5.41) is 2.71. The summed E-state index contributed by atoms with van der Waals surface area (Å²) in [6.07, 6.45) is -3.19. The van der Waals surface area contributed by atoms with E-state index in [9.17, 15) is 26.4 Å². The number of pyridine rings is 1. The Bertz CT molecular complexity index is 1560. The van der Waals surface area contributed by atoms with Crippen LogP contribution in [0.5, 0.6) is 11.5 Å². The summed E-state index contributed by atoms with van der Waals surface area (Å²) in [4.78, 5) is 17.0. The number of aromatic nitrogens is 1. The fourth-order valence-electron chi connectivity index (χ4n) is 3.98. The van der Waals surface area contributed by atoms with Gasteiger partial charge in [-0.25, -0.2) is 8.42 Å². The molecule has 1 aromatic heterocycles. The largest absolute Gasteiger partial charge is 0.573 e. The van der Waals surface area contributed by atoms with E-state index in [1.165, 1.54) is 40.7 Å². The molecule has 1 N–H and O–H groups in total. The van der Waals surface area contributed by atoms with Crippen LogP contribution in [0.1, 0.15) is 34.1 Å². The number of ether oxygens (including phenoxy) is 2. The van der Waals surface area contributed by atoms with Crippen LogP contribution in [0.4, 0.5) is 13.2 Å². The van der Waals surface area contributed by atoms with Gasteiger partial charge in [-0.1, -0.05) is 30.3 Å². The normalized spacial score (nSPS) is 11.7. The number of rotatable bonds is 12. The standard InChI is InChI=1S/C30H28F3N3O5S/c1-2-40-26-14-16-28(17-15-26)42(38,39)36(21-25-5-3-4-18-34-25)20-23-6-10-24(11-7-23)29(37)35-19-22-8-12-27(13-9-22)41-30(31,32)33/h3-18H,2,19-21H2,1H3,(H,35,37). The van der Waals surface area contributed by atoms with E-state index < -0.39 is 22.3 Å². The van der Waals surface area contributed by atoms with Crippen LogP contribution in [0.25, 0.3) is 0 Å². The van der Waals surface area contributed by atoms with Gasteiger partial charge in [0, 0.05) is 24.8 Å². The van der Waals surface area contributed by atoms with Crippen molar-refractivity contribution in [2.45, 2.75) is 37.8 Å². The molecule has 0 radical (unpaired) electrons. The van der Waals surface area contributed by atoms with Crippen molar-refractivity contribution < 1.29 is 35.9 Å². The van der Waals surface area contributed by atoms with Crippen LogP contribution in [-0.4, -0.2) is 36.6 Å². The highest BCUT2D eigenvalue weighted by Gasteiger charge is 2.31. The van der Waals surface area contributed by atoms with Gasteiger partial charge < -0.3 is 14.8 Å². The lowest BCUT2D eigenvalue weighted by atomic mass is 10.1. The van der Waals surface area contributed by atoms with Crippen LogP contribution in [0, 0.1) is 0 Å². The lowest BCUT2D eigenvalue weighted by Crippen LogP contribution is -2.30. The minimum atomic E-state index is -4.78. The van der Waals surface area contributed by atoms with Crippen molar-refractivity contribution in [3.05, 3.63) is 120 Å². The van der Waals surface area contributed by atoms with Crippen LogP contribution in [0.2, 0.25) is 0 Å². The Morgan fingerprint density at radius 2 is 1.50 bits per heavy atom. The number of halogens is 3. The predicted octanol–water partition coefficient (Wildman–Crippen LogP) is 5.70. The summed E-state index contributed by atoms with van der Waals surface area (Å²) in [5.41, 5.74) is 2.14. The van der Waals surface area contributed by atoms with E-state index in [-0.39, 0.29) is 30.3 Å². The molecule has 0 spiro atoms. The number of benzene rings is 3. The monoisotopic (exact) mass is 599 g/mol.